The van der Waals surface area contributed by atoms with Gasteiger partial charge in [0.05, 0.1) is 0 Å². The number of rotatable bonds is 0. The maximum absolute atomic E-state index is 6.58. The highest BCUT2D eigenvalue weighted by Gasteiger charge is 2.50. The predicted octanol–water partition coefficient (Wildman–Crippen LogP) is 2.14. The van der Waals surface area contributed by atoms with Crippen LogP contribution in [0, 0.1) is 5.41 Å². The Bertz CT molecular complexity index is 442. The van der Waals surface area contributed by atoms with Crippen molar-refractivity contribution in [2.24, 2.45) is 11.1 Å². The number of benzene rings is 1. The zero-order valence-corrected chi connectivity index (χ0v) is 10.2. The van der Waals surface area contributed by atoms with Crippen LogP contribution in [0.5, 0.6) is 0 Å². The number of fused-ring (bicyclic) bond motifs is 3. The molecule has 2 heteroatoms. The molecule has 1 aromatic carbocycles. The highest BCUT2D eigenvalue weighted by molar-refractivity contribution is 5.38. The molecule has 3 N–H and O–H groups in total. The molecule has 1 aliphatic carbocycles. The van der Waals surface area contributed by atoms with E-state index in [2.05, 4.69) is 29.6 Å². The van der Waals surface area contributed by atoms with Crippen molar-refractivity contribution in [3.63, 3.8) is 0 Å². The van der Waals surface area contributed by atoms with Crippen molar-refractivity contribution in [3.05, 3.63) is 35.4 Å². The molecule has 4 atom stereocenters. The van der Waals surface area contributed by atoms with Crippen LogP contribution < -0.4 is 11.1 Å². The second-order valence-electron chi connectivity index (χ2n) is 6.26. The van der Waals surface area contributed by atoms with Crippen LogP contribution in [0.3, 0.4) is 0 Å². The molecule has 0 amide bonds. The van der Waals surface area contributed by atoms with Crippen LogP contribution in [0.15, 0.2) is 24.3 Å². The van der Waals surface area contributed by atoms with E-state index in [1.807, 2.05) is 0 Å². The Morgan fingerprint density at radius 3 is 2.53 bits per heavy atom. The highest BCUT2D eigenvalue weighted by atomic mass is 15.0. The van der Waals surface area contributed by atoms with Crippen LogP contribution >= 0.6 is 0 Å². The van der Waals surface area contributed by atoms with E-state index in [-0.39, 0.29) is 6.04 Å². The Hall–Kier alpha value is -0.860. The first kappa shape index (κ1) is 10.1. The maximum atomic E-state index is 6.58. The van der Waals surface area contributed by atoms with Gasteiger partial charge in [-0.1, -0.05) is 24.3 Å². The Morgan fingerprint density at radius 1 is 1.12 bits per heavy atom. The fourth-order valence-electron chi connectivity index (χ4n) is 4.51. The van der Waals surface area contributed by atoms with Crippen LogP contribution in [0.25, 0.3) is 0 Å². The minimum atomic E-state index is 0.267. The zero-order valence-electron chi connectivity index (χ0n) is 10.2. The maximum Gasteiger partial charge on any atom is 0.0359 e. The summed E-state index contributed by atoms with van der Waals surface area (Å²) in [5.41, 5.74) is 9.85. The van der Waals surface area contributed by atoms with E-state index >= 15 is 0 Å². The Morgan fingerprint density at radius 2 is 1.82 bits per heavy atom. The van der Waals surface area contributed by atoms with Gasteiger partial charge in [-0.3, -0.25) is 0 Å². The van der Waals surface area contributed by atoms with E-state index in [1.54, 1.807) is 0 Å². The monoisotopic (exact) mass is 228 g/mol. The van der Waals surface area contributed by atoms with E-state index in [4.69, 9.17) is 5.73 Å². The first-order valence-corrected chi connectivity index (χ1v) is 6.86. The predicted molar refractivity (Wildman–Crippen MR) is 68.7 cm³/mol. The molecule has 4 rings (SSSR count). The second kappa shape index (κ2) is 3.33. The van der Waals surface area contributed by atoms with E-state index in [9.17, 15) is 0 Å². The molecule has 0 radical (unpaired) electrons. The SMILES string of the molecule is N[C@@H]1c2ccccc2C[C@@]12CC1CC[C@H](C2)N1. The van der Waals surface area contributed by atoms with Gasteiger partial charge in [0.2, 0.25) is 0 Å². The molecule has 1 aromatic rings. The average molecular weight is 228 g/mol. The largest absolute Gasteiger partial charge is 0.323 e. The molecule has 0 saturated carbocycles. The van der Waals surface area contributed by atoms with Gasteiger partial charge in [0.1, 0.15) is 0 Å². The second-order valence-corrected chi connectivity index (χ2v) is 6.26. The lowest BCUT2D eigenvalue weighted by Crippen LogP contribution is -2.47. The lowest BCUT2D eigenvalue weighted by molar-refractivity contribution is 0.136. The standard InChI is InChI=1S/C15H20N2/c16-14-13-4-2-1-3-10(13)7-15(14)8-11-5-6-12(9-15)17-11/h1-4,11-12,14,17H,5-9,16H2/t11-,12?,14-,15-/m1/s1. The molecular formula is C15H20N2. The number of nitrogens with one attached hydrogen (secondary N) is 1. The summed E-state index contributed by atoms with van der Waals surface area (Å²) < 4.78 is 0. The average Bonchev–Trinajstić information content (AvgIpc) is 2.80. The van der Waals surface area contributed by atoms with Crippen molar-refractivity contribution >= 4 is 0 Å². The smallest absolute Gasteiger partial charge is 0.0359 e. The van der Waals surface area contributed by atoms with E-state index in [1.165, 1.54) is 43.2 Å². The topological polar surface area (TPSA) is 38.0 Å². The molecule has 2 aliphatic heterocycles. The summed E-state index contributed by atoms with van der Waals surface area (Å²) in [6.07, 6.45) is 6.47. The molecule has 90 valence electrons. The first-order chi connectivity index (χ1) is 8.27. The molecule has 2 nitrogen and oxygen atoms in total. The molecule has 17 heavy (non-hydrogen) atoms. The van der Waals surface area contributed by atoms with Gasteiger partial charge in [-0.15, -0.1) is 0 Å². The molecule has 0 aromatic heterocycles. The van der Waals surface area contributed by atoms with Crippen molar-refractivity contribution in [2.75, 3.05) is 0 Å². The zero-order chi connectivity index (χ0) is 11.5. The van der Waals surface area contributed by atoms with Crippen molar-refractivity contribution in [2.45, 2.75) is 50.2 Å². The van der Waals surface area contributed by atoms with Crippen molar-refractivity contribution < 1.29 is 0 Å². The minimum Gasteiger partial charge on any atom is -0.323 e. The van der Waals surface area contributed by atoms with E-state index in [0.717, 1.165) is 12.1 Å². The van der Waals surface area contributed by atoms with Crippen molar-refractivity contribution in [1.82, 2.24) is 5.32 Å². The minimum absolute atomic E-state index is 0.267. The van der Waals surface area contributed by atoms with Gasteiger partial charge < -0.3 is 11.1 Å². The van der Waals surface area contributed by atoms with Crippen LogP contribution in [0.2, 0.25) is 0 Å². The third-order valence-corrected chi connectivity index (χ3v) is 5.23. The highest BCUT2D eigenvalue weighted by Crippen LogP contribution is 2.54. The Kier molecular flexibility index (Phi) is 1.98. The van der Waals surface area contributed by atoms with Gasteiger partial charge in [-0.25, -0.2) is 0 Å². The number of nitrogens with two attached hydrogens (primary N) is 1. The summed E-state index contributed by atoms with van der Waals surface area (Å²) in [7, 11) is 0. The van der Waals surface area contributed by atoms with Gasteiger partial charge in [0, 0.05) is 18.1 Å². The fourth-order valence-corrected chi connectivity index (χ4v) is 4.51. The van der Waals surface area contributed by atoms with Crippen LogP contribution in [0.1, 0.15) is 42.9 Å². The Balaban J connectivity index is 1.73. The van der Waals surface area contributed by atoms with E-state index < -0.39 is 0 Å². The van der Waals surface area contributed by atoms with Crippen LogP contribution in [-0.2, 0) is 6.42 Å². The molecule has 2 fully saturated rings. The quantitative estimate of drug-likeness (QED) is 0.714. The lowest BCUT2D eigenvalue weighted by Gasteiger charge is -2.41. The lowest BCUT2D eigenvalue weighted by atomic mass is 9.71. The molecule has 2 saturated heterocycles. The first-order valence-electron chi connectivity index (χ1n) is 6.86. The molecule has 1 unspecified atom stereocenters. The fraction of sp³-hybridized carbons (Fsp3) is 0.600. The Labute approximate surface area is 103 Å². The van der Waals surface area contributed by atoms with Crippen molar-refractivity contribution in [3.8, 4) is 0 Å². The number of hydrogen-bond donors (Lipinski definition) is 2. The summed E-state index contributed by atoms with van der Waals surface area (Å²) in [5, 5.41) is 3.73. The van der Waals surface area contributed by atoms with Gasteiger partial charge in [-0.05, 0) is 48.6 Å². The van der Waals surface area contributed by atoms with Gasteiger partial charge >= 0.3 is 0 Å². The van der Waals surface area contributed by atoms with Crippen LogP contribution in [0.4, 0.5) is 0 Å². The number of hydrogen-bond acceptors (Lipinski definition) is 2. The number of piperidine rings is 1. The summed E-state index contributed by atoms with van der Waals surface area (Å²) in [6.45, 7) is 0. The third kappa shape index (κ3) is 1.34. The summed E-state index contributed by atoms with van der Waals surface area (Å²) in [6, 6.07) is 10.5. The molecule has 3 aliphatic rings. The van der Waals surface area contributed by atoms with Gasteiger partial charge in [0.25, 0.3) is 0 Å². The molecule has 2 bridgehead atoms. The third-order valence-electron chi connectivity index (χ3n) is 5.23. The van der Waals surface area contributed by atoms with E-state index in [0.29, 0.717) is 5.41 Å². The molecule has 2 heterocycles. The van der Waals surface area contributed by atoms with Crippen molar-refractivity contribution in [1.29, 1.82) is 0 Å². The summed E-state index contributed by atoms with van der Waals surface area (Å²) in [5.74, 6) is 0. The van der Waals surface area contributed by atoms with Gasteiger partial charge in [-0.2, -0.15) is 0 Å². The molecule has 1 spiro atoms. The van der Waals surface area contributed by atoms with Gasteiger partial charge in [0.15, 0.2) is 0 Å². The summed E-state index contributed by atoms with van der Waals surface area (Å²) >= 11 is 0. The molecular weight excluding hydrogens is 208 g/mol. The van der Waals surface area contributed by atoms with Crippen LogP contribution in [-0.4, -0.2) is 12.1 Å². The normalized spacial score (nSPS) is 43.0. The summed E-state index contributed by atoms with van der Waals surface area (Å²) in [4.78, 5) is 0.